The Hall–Kier alpha value is -0.510. The molecule has 0 heterocycles. The van der Waals surface area contributed by atoms with E-state index in [0.717, 1.165) is 5.71 Å². The summed E-state index contributed by atoms with van der Waals surface area (Å²) in [4.78, 5) is 0. The van der Waals surface area contributed by atoms with Gasteiger partial charge in [-0.2, -0.15) is 5.10 Å². The molecule has 0 aromatic carbocycles. The molecule has 2 N–H and O–H groups in total. The van der Waals surface area contributed by atoms with Crippen molar-refractivity contribution in [2.24, 2.45) is 10.5 Å². The summed E-state index contributed by atoms with van der Waals surface area (Å²) >= 11 is 1.34. The van der Waals surface area contributed by atoms with Crippen LogP contribution in [0.25, 0.3) is 0 Å². The van der Waals surface area contributed by atoms with E-state index in [4.69, 9.17) is 5.41 Å². The highest BCUT2D eigenvalue weighted by molar-refractivity contribution is 8.13. The number of amidine groups is 1. The second kappa shape index (κ2) is 4.50. The molecular formula is C8H17N3S. The molecule has 12 heavy (non-hydrogen) atoms. The van der Waals surface area contributed by atoms with Crippen LogP contribution in [0.2, 0.25) is 0 Å². The smallest absolute Gasteiger partial charge is 0.174 e. The maximum Gasteiger partial charge on any atom is 0.174 e. The Morgan fingerprint density at radius 1 is 1.42 bits per heavy atom. The van der Waals surface area contributed by atoms with Crippen molar-refractivity contribution in [1.29, 1.82) is 5.41 Å². The lowest BCUT2D eigenvalue weighted by Gasteiger charge is -2.17. The number of hydrogen-bond donors (Lipinski definition) is 2. The maximum absolute atomic E-state index is 7.28. The van der Waals surface area contributed by atoms with E-state index in [1.54, 1.807) is 0 Å². The summed E-state index contributed by atoms with van der Waals surface area (Å²) in [6, 6.07) is 0. The Morgan fingerprint density at radius 2 is 1.92 bits per heavy atom. The first-order valence-corrected chi connectivity index (χ1v) is 5.03. The van der Waals surface area contributed by atoms with Crippen LogP contribution in [0.5, 0.6) is 0 Å². The van der Waals surface area contributed by atoms with Gasteiger partial charge in [-0.3, -0.25) is 10.8 Å². The Morgan fingerprint density at radius 3 is 2.25 bits per heavy atom. The zero-order chi connectivity index (χ0) is 9.78. The molecule has 0 fully saturated rings. The van der Waals surface area contributed by atoms with Crippen LogP contribution in [0.4, 0.5) is 0 Å². The number of nitrogens with zero attached hydrogens (tertiary/aromatic N) is 1. The molecule has 0 amide bonds. The van der Waals surface area contributed by atoms with Crippen molar-refractivity contribution in [3.8, 4) is 0 Å². The van der Waals surface area contributed by atoms with Gasteiger partial charge in [-0.15, -0.1) is 0 Å². The second-order valence-corrected chi connectivity index (χ2v) is 4.41. The molecule has 4 heteroatoms. The largest absolute Gasteiger partial charge is 0.277 e. The fourth-order valence-corrected chi connectivity index (χ4v) is 0.485. The average Bonchev–Trinajstić information content (AvgIpc) is 1.97. The fourth-order valence-electron chi connectivity index (χ4n) is 0.348. The number of hydrogen-bond acceptors (Lipinski definition) is 3. The van der Waals surface area contributed by atoms with Crippen molar-refractivity contribution in [3.05, 3.63) is 0 Å². The van der Waals surface area contributed by atoms with Crippen LogP contribution in [0.1, 0.15) is 27.7 Å². The highest BCUT2D eigenvalue weighted by Crippen LogP contribution is 2.14. The van der Waals surface area contributed by atoms with Crippen molar-refractivity contribution in [2.45, 2.75) is 27.7 Å². The summed E-state index contributed by atoms with van der Waals surface area (Å²) in [7, 11) is 0. The predicted octanol–water partition coefficient (Wildman–Crippen LogP) is 2.30. The Bertz CT molecular complexity index is 191. The van der Waals surface area contributed by atoms with Crippen molar-refractivity contribution in [1.82, 2.24) is 5.43 Å². The minimum atomic E-state index is 0.0751. The standard InChI is InChI=1S/C8H17N3S/c1-6(8(2,3)4)10-11-7(9)12-5/h1-5H3,(H2,9,11)/b10-6+. The molecule has 0 radical (unpaired) electrons. The summed E-state index contributed by atoms with van der Waals surface area (Å²) < 4.78 is 0. The van der Waals surface area contributed by atoms with Crippen LogP contribution in [-0.2, 0) is 0 Å². The SMILES string of the molecule is CSC(=N)N/N=C(\C)C(C)(C)C. The number of rotatable bonds is 1. The van der Waals surface area contributed by atoms with Crippen LogP contribution in [0.3, 0.4) is 0 Å². The van der Waals surface area contributed by atoms with E-state index in [1.165, 1.54) is 11.8 Å². The van der Waals surface area contributed by atoms with Crippen molar-refractivity contribution >= 4 is 22.6 Å². The third-order valence-corrected chi connectivity index (χ3v) is 2.11. The van der Waals surface area contributed by atoms with Crippen molar-refractivity contribution < 1.29 is 0 Å². The van der Waals surface area contributed by atoms with E-state index in [1.807, 2.05) is 13.2 Å². The van der Waals surface area contributed by atoms with Gasteiger partial charge in [-0.1, -0.05) is 32.5 Å². The van der Waals surface area contributed by atoms with Crippen molar-refractivity contribution in [2.75, 3.05) is 6.26 Å². The minimum absolute atomic E-state index is 0.0751. The summed E-state index contributed by atoms with van der Waals surface area (Å²) in [5, 5.41) is 11.7. The summed E-state index contributed by atoms with van der Waals surface area (Å²) in [6.45, 7) is 8.24. The number of hydrazone groups is 1. The molecule has 0 aliphatic carbocycles. The third kappa shape index (κ3) is 4.38. The van der Waals surface area contributed by atoms with Gasteiger partial charge in [0.2, 0.25) is 0 Å². The lowest BCUT2D eigenvalue weighted by atomic mass is 9.91. The van der Waals surface area contributed by atoms with Gasteiger partial charge in [0, 0.05) is 11.1 Å². The first kappa shape index (κ1) is 11.5. The molecular weight excluding hydrogens is 170 g/mol. The van der Waals surface area contributed by atoms with Gasteiger partial charge in [-0.25, -0.2) is 0 Å². The van der Waals surface area contributed by atoms with Gasteiger partial charge in [-0.05, 0) is 13.2 Å². The predicted molar refractivity (Wildman–Crippen MR) is 56.9 cm³/mol. The van der Waals surface area contributed by atoms with Crippen LogP contribution in [0, 0.1) is 10.8 Å². The van der Waals surface area contributed by atoms with Gasteiger partial charge in [0.1, 0.15) is 0 Å². The van der Waals surface area contributed by atoms with E-state index in [-0.39, 0.29) is 5.41 Å². The van der Waals surface area contributed by atoms with Gasteiger partial charge in [0.25, 0.3) is 0 Å². The quantitative estimate of drug-likeness (QED) is 0.376. The van der Waals surface area contributed by atoms with E-state index in [9.17, 15) is 0 Å². The lowest BCUT2D eigenvalue weighted by Crippen LogP contribution is -2.22. The molecule has 0 spiro atoms. The molecule has 0 aliphatic heterocycles. The van der Waals surface area contributed by atoms with Gasteiger partial charge in [0.15, 0.2) is 5.17 Å². The molecule has 0 atom stereocenters. The van der Waals surface area contributed by atoms with Crippen molar-refractivity contribution in [3.63, 3.8) is 0 Å². The van der Waals surface area contributed by atoms with E-state index < -0.39 is 0 Å². The maximum atomic E-state index is 7.28. The van der Waals surface area contributed by atoms with Crippen LogP contribution in [-0.4, -0.2) is 17.1 Å². The average molecular weight is 187 g/mol. The van der Waals surface area contributed by atoms with E-state index >= 15 is 0 Å². The zero-order valence-corrected chi connectivity index (χ0v) is 9.17. The first-order valence-electron chi connectivity index (χ1n) is 3.81. The molecule has 70 valence electrons. The monoisotopic (exact) mass is 187 g/mol. The topological polar surface area (TPSA) is 48.2 Å². The highest BCUT2D eigenvalue weighted by Gasteiger charge is 2.13. The molecule has 0 aromatic rings. The number of nitrogens with one attached hydrogen (secondary N) is 2. The fraction of sp³-hybridized carbons (Fsp3) is 0.750. The molecule has 0 rings (SSSR count). The molecule has 0 unspecified atom stereocenters. The Kier molecular flexibility index (Phi) is 4.31. The van der Waals surface area contributed by atoms with E-state index in [2.05, 4.69) is 31.3 Å². The summed E-state index contributed by atoms with van der Waals surface area (Å²) in [5.74, 6) is 0. The third-order valence-electron chi connectivity index (χ3n) is 1.61. The lowest BCUT2D eigenvalue weighted by molar-refractivity contribution is 0.583. The molecule has 0 bridgehead atoms. The summed E-state index contributed by atoms with van der Waals surface area (Å²) in [6.07, 6.45) is 1.84. The zero-order valence-electron chi connectivity index (χ0n) is 8.36. The van der Waals surface area contributed by atoms with Crippen LogP contribution < -0.4 is 5.43 Å². The second-order valence-electron chi connectivity index (χ2n) is 3.59. The van der Waals surface area contributed by atoms with Crippen LogP contribution >= 0.6 is 11.8 Å². The first-order chi connectivity index (χ1) is 5.38. The Labute approximate surface area is 78.5 Å². The molecule has 0 aliphatic rings. The van der Waals surface area contributed by atoms with Gasteiger partial charge in [0.05, 0.1) is 0 Å². The highest BCUT2D eigenvalue weighted by atomic mass is 32.2. The Balaban J connectivity index is 4.11. The van der Waals surface area contributed by atoms with Gasteiger partial charge >= 0.3 is 0 Å². The van der Waals surface area contributed by atoms with Crippen LogP contribution in [0.15, 0.2) is 5.10 Å². The summed E-state index contributed by atoms with van der Waals surface area (Å²) in [5.41, 5.74) is 3.75. The minimum Gasteiger partial charge on any atom is -0.277 e. The van der Waals surface area contributed by atoms with E-state index in [0.29, 0.717) is 5.17 Å². The number of thioether (sulfide) groups is 1. The van der Waals surface area contributed by atoms with Gasteiger partial charge < -0.3 is 0 Å². The molecule has 0 saturated carbocycles. The normalized spacial score (nSPS) is 12.9. The molecule has 0 aromatic heterocycles. The molecule has 3 nitrogen and oxygen atoms in total. The molecule has 0 saturated heterocycles.